The van der Waals surface area contributed by atoms with Crippen molar-refractivity contribution in [2.45, 2.75) is 6.04 Å². The molecule has 0 aliphatic rings. The molecule has 4 nitrogen and oxygen atoms in total. The summed E-state index contributed by atoms with van der Waals surface area (Å²) in [7, 11) is 4.88. The van der Waals surface area contributed by atoms with Crippen molar-refractivity contribution >= 4 is 0 Å². The highest BCUT2D eigenvalue weighted by Gasteiger charge is 2.15. The molecule has 2 aromatic carbocycles. The van der Waals surface area contributed by atoms with Crippen LogP contribution in [0.15, 0.2) is 42.5 Å². The van der Waals surface area contributed by atoms with Crippen molar-refractivity contribution in [2.24, 2.45) is 5.73 Å². The van der Waals surface area contributed by atoms with Crippen molar-refractivity contribution in [3.8, 4) is 17.2 Å². The number of methoxy groups -OCH3 is 3. The molecule has 0 aliphatic heterocycles. The van der Waals surface area contributed by atoms with Gasteiger partial charge in [0.2, 0.25) is 0 Å². The average molecular weight is 273 g/mol. The van der Waals surface area contributed by atoms with Crippen LogP contribution in [0.3, 0.4) is 0 Å². The third-order valence-corrected chi connectivity index (χ3v) is 3.23. The molecule has 4 heteroatoms. The minimum Gasteiger partial charge on any atom is -0.497 e. The van der Waals surface area contributed by atoms with Gasteiger partial charge in [0, 0.05) is 11.6 Å². The van der Waals surface area contributed by atoms with Crippen LogP contribution in [0.2, 0.25) is 0 Å². The first kappa shape index (κ1) is 14.2. The van der Waals surface area contributed by atoms with E-state index in [4.69, 9.17) is 19.9 Å². The van der Waals surface area contributed by atoms with E-state index in [9.17, 15) is 0 Å². The number of benzene rings is 2. The largest absolute Gasteiger partial charge is 0.497 e. The summed E-state index contributed by atoms with van der Waals surface area (Å²) in [5.41, 5.74) is 8.20. The Hall–Kier alpha value is -2.20. The van der Waals surface area contributed by atoms with Gasteiger partial charge in [-0.15, -0.1) is 0 Å². The van der Waals surface area contributed by atoms with Crippen molar-refractivity contribution in [1.29, 1.82) is 0 Å². The van der Waals surface area contributed by atoms with Crippen molar-refractivity contribution in [2.75, 3.05) is 21.3 Å². The number of nitrogens with two attached hydrogens (primary N) is 1. The molecule has 0 radical (unpaired) electrons. The van der Waals surface area contributed by atoms with Gasteiger partial charge >= 0.3 is 0 Å². The summed E-state index contributed by atoms with van der Waals surface area (Å²) in [5, 5.41) is 0. The zero-order valence-electron chi connectivity index (χ0n) is 11.9. The zero-order chi connectivity index (χ0) is 14.5. The van der Waals surface area contributed by atoms with Crippen LogP contribution in [0, 0.1) is 0 Å². The van der Waals surface area contributed by atoms with E-state index in [1.807, 2.05) is 42.5 Å². The summed E-state index contributed by atoms with van der Waals surface area (Å²) < 4.78 is 15.8. The van der Waals surface area contributed by atoms with E-state index in [0.29, 0.717) is 5.75 Å². The molecule has 106 valence electrons. The lowest BCUT2D eigenvalue weighted by Crippen LogP contribution is -2.13. The zero-order valence-corrected chi connectivity index (χ0v) is 11.9. The quantitative estimate of drug-likeness (QED) is 0.910. The molecular formula is C16H19NO3. The van der Waals surface area contributed by atoms with Crippen LogP contribution in [-0.4, -0.2) is 21.3 Å². The maximum atomic E-state index is 6.33. The number of ether oxygens (including phenoxy) is 3. The molecule has 2 N–H and O–H groups in total. The lowest BCUT2D eigenvalue weighted by molar-refractivity contribution is 0.389. The Labute approximate surface area is 119 Å². The Morgan fingerprint density at radius 2 is 1.55 bits per heavy atom. The summed E-state index contributed by atoms with van der Waals surface area (Å²) in [4.78, 5) is 0. The molecule has 2 rings (SSSR count). The molecule has 1 atom stereocenters. The Balaban J connectivity index is 2.39. The van der Waals surface area contributed by atoms with E-state index in [-0.39, 0.29) is 6.04 Å². The minimum absolute atomic E-state index is 0.286. The van der Waals surface area contributed by atoms with Gasteiger partial charge in [-0.3, -0.25) is 0 Å². The van der Waals surface area contributed by atoms with Crippen LogP contribution >= 0.6 is 0 Å². The fraction of sp³-hybridized carbons (Fsp3) is 0.250. The Morgan fingerprint density at radius 1 is 0.850 bits per heavy atom. The summed E-state index contributed by atoms with van der Waals surface area (Å²) >= 11 is 0. The topological polar surface area (TPSA) is 53.7 Å². The smallest absolute Gasteiger partial charge is 0.127 e. The van der Waals surface area contributed by atoms with Gasteiger partial charge in [-0.25, -0.2) is 0 Å². The van der Waals surface area contributed by atoms with Crippen LogP contribution in [0.5, 0.6) is 17.2 Å². The highest BCUT2D eigenvalue weighted by Crippen LogP contribution is 2.32. The fourth-order valence-corrected chi connectivity index (χ4v) is 2.09. The standard InChI is InChI=1S/C16H19NO3/c1-18-12-6-4-5-11(9-12)16(17)14-8-7-13(19-2)10-15(14)20-3/h4-10,16H,17H2,1-3H3. The first-order valence-electron chi connectivity index (χ1n) is 6.31. The molecule has 2 aromatic rings. The highest BCUT2D eigenvalue weighted by molar-refractivity contribution is 5.46. The lowest BCUT2D eigenvalue weighted by atomic mass is 9.98. The predicted molar refractivity (Wildman–Crippen MR) is 78.6 cm³/mol. The van der Waals surface area contributed by atoms with Crippen LogP contribution in [0.25, 0.3) is 0 Å². The van der Waals surface area contributed by atoms with E-state index < -0.39 is 0 Å². The Kier molecular flexibility index (Phi) is 4.48. The number of hydrogen-bond acceptors (Lipinski definition) is 4. The van der Waals surface area contributed by atoms with Gasteiger partial charge in [0.1, 0.15) is 17.2 Å². The summed E-state index contributed by atoms with van der Waals surface area (Å²) in [6.07, 6.45) is 0. The second-order valence-corrected chi connectivity index (χ2v) is 4.36. The Morgan fingerprint density at radius 3 is 2.20 bits per heavy atom. The van der Waals surface area contributed by atoms with Gasteiger partial charge < -0.3 is 19.9 Å². The van der Waals surface area contributed by atoms with Crippen molar-refractivity contribution < 1.29 is 14.2 Å². The van der Waals surface area contributed by atoms with Gasteiger partial charge in [-0.1, -0.05) is 12.1 Å². The van der Waals surface area contributed by atoms with Crippen LogP contribution in [0.4, 0.5) is 0 Å². The number of hydrogen-bond donors (Lipinski definition) is 1. The summed E-state index contributed by atoms with van der Waals surface area (Å²) in [5.74, 6) is 2.23. The minimum atomic E-state index is -0.286. The van der Waals surface area contributed by atoms with E-state index in [1.165, 1.54) is 0 Å². The van der Waals surface area contributed by atoms with E-state index in [1.54, 1.807) is 21.3 Å². The van der Waals surface area contributed by atoms with Gasteiger partial charge in [0.25, 0.3) is 0 Å². The molecule has 20 heavy (non-hydrogen) atoms. The van der Waals surface area contributed by atoms with Gasteiger partial charge in [0.15, 0.2) is 0 Å². The first-order valence-corrected chi connectivity index (χ1v) is 6.31. The summed E-state index contributed by atoms with van der Waals surface area (Å²) in [6.45, 7) is 0. The maximum absolute atomic E-state index is 6.33. The van der Waals surface area contributed by atoms with E-state index >= 15 is 0 Å². The van der Waals surface area contributed by atoms with Gasteiger partial charge in [-0.2, -0.15) is 0 Å². The van der Waals surface area contributed by atoms with Crippen LogP contribution in [0.1, 0.15) is 17.2 Å². The Bertz CT molecular complexity index is 584. The van der Waals surface area contributed by atoms with Gasteiger partial charge in [-0.05, 0) is 29.8 Å². The molecule has 0 saturated carbocycles. The van der Waals surface area contributed by atoms with E-state index in [0.717, 1.165) is 22.6 Å². The maximum Gasteiger partial charge on any atom is 0.127 e. The molecule has 0 saturated heterocycles. The monoisotopic (exact) mass is 273 g/mol. The third-order valence-electron chi connectivity index (χ3n) is 3.23. The average Bonchev–Trinajstić information content (AvgIpc) is 2.53. The fourth-order valence-electron chi connectivity index (χ4n) is 2.09. The van der Waals surface area contributed by atoms with E-state index in [2.05, 4.69) is 0 Å². The molecule has 0 amide bonds. The molecule has 0 spiro atoms. The predicted octanol–water partition coefficient (Wildman–Crippen LogP) is 2.76. The first-order chi connectivity index (χ1) is 9.69. The molecule has 1 unspecified atom stereocenters. The number of rotatable bonds is 5. The molecule has 0 aromatic heterocycles. The van der Waals surface area contributed by atoms with Crippen molar-refractivity contribution in [1.82, 2.24) is 0 Å². The second-order valence-electron chi connectivity index (χ2n) is 4.36. The second kappa shape index (κ2) is 6.30. The summed E-state index contributed by atoms with van der Waals surface area (Å²) in [6, 6.07) is 13.0. The SMILES string of the molecule is COc1cccc(C(N)c2ccc(OC)cc2OC)c1. The molecular weight excluding hydrogens is 254 g/mol. The lowest BCUT2D eigenvalue weighted by Gasteiger charge is -2.17. The van der Waals surface area contributed by atoms with Crippen LogP contribution < -0.4 is 19.9 Å². The van der Waals surface area contributed by atoms with Crippen LogP contribution in [-0.2, 0) is 0 Å². The van der Waals surface area contributed by atoms with Gasteiger partial charge in [0.05, 0.1) is 27.4 Å². The highest BCUT2D eigenvalue weighted by atomic mass is 16.5. The van der Waals surface area contributed by atoms with Crippen molar-refractivity contribution in [3.63, 3.8) is 0 Å². The molecule has 0 heterocycles. The molecule has 0 bridgehead atoms. The molecule has 0 fully saturated rings. The van der Waals surface area contributed by atoms with Crippen molar-refractivity contribution in [3.05, 3.63) is 53.6 Å². The normalized spacial score (nSPS) is 11.8. The molecule has 0 aliphatic carbocycles. The third kappa shape index (κ3) is 2.86.